The van der Waals surface area contributed by atoms with Gasteiger partial charge in [-0.1, -0.05) is 6.42 Å². The summed E-state index contributed by atoms with van der Waals surface area (Å²) in [5, 5.41) is 11.6. The number of nitrogens with zero attached hydrogens (tertiary/aromatic N) is 2. The number of thiophene rings is 1. The number of carbonyl (C=O) groups is 2. The van der Waals surface area contributed by atoms with Crippen LogP contribution in [0.15, 0.2) is 11.4 Å². The van der Waals surface area contributed by atoms with Gasteiger partial charge in [-0.3, -0.25) is 9.59 Å². The Morgan fingerprint density at radius 1 is 1.20 bits per heavy atom. The number of amides is 1. The van der Waals surface area contributed by atoms with Crippen molar-refractivity contribution >= 4 is 23.0 Å². The van der Waals surface area contributed by atoms with Gasteiger partial charge in [-0.2, -0.15) is 0 Å². The summed E-state index contributed by atoms with van der Waals surface area (Å²) < 4.78 is 0. The number of piperidine rings is 1. The van der Waals surface area contributed by atoms with Crippen LogP contribution in [0.1, 0.15) is 41.4 Å². The Hall–Kier alpha value is -1.24. The molecule has 0 saturated carbocycles. The minimum atomic E-state index is 0.0480. The van der Waals surface area contributed by atoms with Crippen LogP contribution in [0.3, 0.4) is 0 Å². The first-order chi connectivity index (χ1) is 12.1. The van der Waals surface area contributed by atoms with Gasteiger partial charge in [-0.15, -0.1) is 11.3 Å². The maximum Gasteiger partial charge on any atom is 0.227 e. The lowest BCUT2D eigenvalue weighted by Crippen LogP contribution is -2.37. The van der Waals surface area contributed by atoms with Gasteiger partial charge in [-0.05, 0) is 55.8 Å². The van der Waals surface area contributed by atoms with Crippen molar-refractivity contribution in [3.05, 3.63) is 21.9 Å². The van der Waals surface area contributed by atoms with Crippen LogP contribution in [0.2, 0.25) is 0 Å². The monoisotopic (exact) mass is 364 g/mol. The molecule has 2 fully saturated rings. The zero-order valence-electron chi connectivity index (χ0n) is 14.9. The molecule has 138 valence electrons. The first-order valence-corrected chi connectivity index (χ1v) is 10.1. The summed E-state index contributed by atoms with van der Waals surface area (Å²) in [5.74, 6) is 0.697. The number of rotatable bonds is 6. The third-order valence-corrected chi connectivity index (χ3v) is 6.54. The molecule has 3 heterocycles. The second-order valence-corrected chi connectivity index (χ2v) is 8.33. The standard InChI is InChI=1S/C19H28N2O3S/c1-14(23)18-7-15(13-25-18)8-19(24)21-10-16(17(11-21)12-22)9-20-5-3-2-4-6-20/h7,13,16-17,22H,2-6,8-12H2,1H3/t16-,17-/m1/s1. The minimum absolute atomic E-state index is 0.0480. The van der Waals surface area contributed by atoms with E-state index < -0.39 is 0 Å². The fraction of sp³-hybridized carbons (Fsp3) is 0.684. The predicted molar refractivity (Wildman–Crippen MR) is 99.0 cm³/mol. The van der Waals surface area contributed by atoms with E-state index in [0.717, 1.165) is 31.7 Å². The lowest BCUT2D eigenvalue weighted by Gasteiger charge is -2.30. The molecule has 0 aromatic carbocycles. The van der Waals surface area contributed by atoms with Gasteiger partial charge in [0.05, 0.1) is 11.3 Å². The van der Waals surface area contributed by atoms with Crippen LogP contribution in [0.4, 0.5) is 0 Å². The van der Waals surface area contributed by atoms with E-state index in [1.165, 1.54) is 30.6 Å². The summed E-state index contributed by atoms with van der Waals surface area (Å²) in [7, 11) is 0. The van der Waals surface area contributed by atoms with Crippen LogP contribution in [-0.2, 0) is 11.2 Å². The molecule has 3 rings (SSSR count). The van der Waals surface area contributed by atoms with Gasteiger partial charge in [0, 0.05) is 32.2 Å². The van der Waals surface area contributed by atoms with Gasteiger partial charge in [0.25, 0.3) is 0 Å². The third kappa shape index (κ3) is 4.68. The van der Waals surface area contributed by atoms with Crippen molar-refractivity contribution < 1.29 is 14.7 Å². The largest absolute Gasteiger partial charge is 0.396 e. The molecule has 2 aliphatic heterocycles. The van der Waals surface area contributed by atoms with Crippen LogP contribution in [0.25, 0.3) is 0 Å². The number of Topliss-reactive ketones (excluding diaryl/α,β-unsaturated/α-hetero) is 1. The van der Waals surface area contributed by atoms with Crippen LogP contribution in [0.5, 0.6) is 0 Å². The number of hydrogen-bond acceptors (Lipinski definition) is 5. The van der Waals surface area contributed by atoms with Gasteiger partial charge in [0.15, 0.2) is 5.78 Å². The molecule has 0 aliphatic carbocycles. The molecule has 2 saturated heterocycles. The van der Waals surface area contributed by atoms with Crippen molar-refractivity contribution in [3.8, 4) is 0 Å². The molecule has 0 radical (unpaired) electrons. The average Bonchev–Trinajstić information content (AvgIpc) is 3.23. The number of ketones is 1. The maximum absolute atomic E-state index is 12.6. The molecule has 6 heteroatoms. The molecule has 25 heavy (non-hydrogen) atoms. The van der Waals surface area contributed by atoms with Crippen molar-refractivity contribution in [3.63, 3.8) is 0 Å². The van der Waals surface area contributed by atoms with Crippen LogP contribution >= 0.6 is 11.3 Å². The van der Waals surface area contributed by atoms with Crippen LogP contribution < -0.4 is 0 Å². The fourth-order valence-electron chi connectivity index (χ4n) is 3.97. The Bertz CT molecular complexity index is 610. The van der Waals surface area contributed by atoms with E-state index >= 15 is 0 Å². The maximum atomic E-state index is 12.6. The highest BCUT2D eigenvalue weighted by molar-refractivity contribution is 7.12. The van der Waals surface area contributed by atoms with E-state index in [2.05, 4.69) is 4.90 Å². The van der Waals surface area contributed by atoms with Gasteiger partial charge < -0.3 is 14.9 Å². The molecule has 0 bridgehead atoms. The molecule has 1 aromatic rings. The third-order valence-electron chi connectivity index (χ3n) is 5.46. The Balaban J connectivity index is 1.56. The number of likely N-dealkylation sites (tertiary alicyclic amines) is 2. The highest BCUT2D eigenvalue weighted by atomic mass is 32.1. The van der Waals surface area contributed by atoms with Crippen molar-refractivity contribution in [1.82, 2.24) is 9.80 Å². The minimum Gasteiger partial charge on any atom is -0.396 e. The van der Waals surface area contributed by atoms with Crippen LogP contribution in [0, 0.1) is 11.8 Å². The normalized spacial score (nSPS) is 24.6. The molecule has 1 N–H and O–H groups in total. The number of carbonyl (C=O) groups excluding carboxylic acids is 2. The SMILES string of the molecule is CC(=O)c1cc(CC(=O)N2C[C@@H](CN3CCCCC3)[C@@H](CO)C2)cs1. The van der Waals surface area contributed by atoms with E-state index in [9.17, 15) is 14.7 Å². The predicted octanol–water partition coefficient (Wildman–Crippen LogP) is 2.05. The number of hydrogen-bond donors (Lipinski definition) is 1. The topological polar surface area (TPSA) is 60.9 Å². The Morgan fingerprint density at radius 2 is 1.92 bits per heavy atom. The summed E-state index contributed by atoms with van der Waals surface area (Å²) >= 11 is 1.40. The van der Waals surface area contributed by atoms with Gasteiger partial charge in [0.1, 0.15) is 0 Å². The van der Waals surface area contributed by atoms with E-state index in [1.807, 2.05) is 16.3 Å². The zero-order valence-corrected chi connectivity index (χ0v) is 15.8. The highest BCUT2D eigenvalue weighted by Crippen LogP contribution is 2.26. The second kappa shape index (κ2) is 8.43. The zero-order chi connectivity index (χ0) is 17.8. The van der Waals surface area contributed by atoms with Crippen molar-refractivity contribution in [2.24, 2.45) is 11.8 Å². The quantitative estimate of drug-likeness (QED) is 0.785. The molecule has 1 aromatic heterocycles. The summed E-state index contributed by atoms with van der Waals surface area (Å²) in [6, 6.07) is 1.83. The number of aliphatic hydroxyl groups is 1. The Morgan fingerprint density at radius 3 is 2.56 bits per heavy atom. The molecule has 1 amide bonds. The molecular weight excluding hydrogens is 336 g/mol. The summed E-state index contributed by atoms with van der Waals surface area (Å²) in [5.41, 5.74) is 0.917. The molecule has 2 aliphatic rings. The lowest BCUT2D eigenvalue weighted by atomic mass is 9.95. The molecule has 0 unspecified atom stereocenters. The van der Waals surface area contributed by atoms with Crippen molar-refractivity contribution in [2.75, 3.05) is 39.3 Å². The van der Waals surface area contributed by atoms with E-state index in [-0.39, 0.29) is 24.2 Å². The number of aliphatic hydroxyl groups excluding tert-OH is 1. The second-order valence-electron chi connectivity index (χ2n) is 7.41. The Kier molecular flexibility index (Phi) is 6.25. The van der Waals surface area contributed by atoms with E-state index in [1.54, 1.807) is 6.92 Å². The molecule has 5 nitrogen and oxygen atoms in total. The fourth-order valence-corrected chi connectivity index (χ4v) is 4.78. The Labute approximate surface area is 153 Å². The van der Waals surface area contributed by atoms with E-state index in [4.69, 9.17) is 0 Å². The first-order valence-electron chi connectivity index (χ1n) is 9.26. The van der Waals surface area contributed by atoms with E-state index in [0.29, 0.717) is 23.8 Å². The van der Waals surface area contributed by atoms with Crippen LogP contribution in [-0.4, -0.2) is 65.9 Å². The van der Waals surface area contributed by atoms with Gasteiger partial charge in [0.2, 0.25) is 5.91 Å². The smallest absolute Gasteiger partial charge is 0.227 e. The summed E-state index contributed by atoms with van der Waals surface area (Å²) in [4.78, 5) is 29.1. The first kappa shape index (κ1) is 18.5. The summed E-state index contributed by atoms with van der Waals surface area (Å²) in [6.45, 7) is 6.37. The lowest BCUT2D eigenvalue weighted by molar-refractivity contribution is -0.129. The molecule has 2 atom stereocenters. The molecular formula is C19H28N2O3S. The van der Waals surface area contributed by atoms with Crippen molar-refractivity contribution in [1.29, 1.82) is 0 Å². The summed E-state index contributed by atoms with van der Waals surface area (Å²) in [6.07, 6.45) is 4.18. The van der Waals surface area contributed by atoms with Crippen molar-refractivity contribution in [2.45, 2.75) is 32.6 Å². The van der Waals surface area contributed by atoms with Gasteiger partial charge in [-0.25, -0.2) is 0 Å². The average molecular weight is 365 g/mol. The molecule has 0 spiro atoms. The van der Waals surface area contributed by atoms with Gasteiger partial charge >= 0.3 is 0 Å². The highest BCUT2D eigenvalue weighted by Gasteiger charge is 2.35.